The Morgan fingerprint density at radius 2 is 1.94 bits per heavy atom. The molecule has 1 aromatic rings. The lowest BCUT2D eigenvalue weighted by atomic mass is 10.2. The van der Waals surface area contributed by atoms with E-state index in [1.807, 2.05) is 30.3 Å². The van der Waals surface area contributed by atoms with Crippen LogP contribution in [-0.2, 0) is 16.4 Å². The van der Waals surface area contributed by atoms with E-state index in [-0.39, 0.29) is 0 Å². The van der Waals surface area contributed by atoms with Crippen molar-refractivity contribution in [3.05, 3.63) is 35.9 Å². The predicted octanol–water partition coefficient (Wildman–Crippen LogP) is 1.20. The molecule has 4 nitrogen and oxygen atoms in total. The van der Waals surface area contributed by atoms with Gasteiger partial charge in [-0.05, 0) is 18.9 Å². The van der Waals surface area contributed by atoms with Gasteiger partial charge in [0.15, 0.2) is 0 Å². The largest absolute Gasteiger partial charge is 0.272 e. The van der Waals surface area contributed by atoms with Gasteiger partial charge in [-0.2, -0.15) is 0 Å². The van der Waals surface area contributed by atoms with Crippen molar-refractivity contribution in [2.75, 3.05) is 12.8 Å². The van der Waals surface area contributed by atoms with Crippen LogP contribution in [-0.4, -0.2) is 27.1 Å². The van der Waals surface area contributed by atoms with E-state index in [2.05, 4.69) is 9.71 Å². The third-order valence-electron chi connectivity index (χ3n) is 1.93. The molecule has 1 N–H and O–H groups in total. The predicted molar refractivity (Wildman–Crippen MR) is 66.1 cm³/mol. The summed E-state index contributed by atoms with van der Waals surface area (Å²) in [5.74, 6) is 0.429. The van der Waals surface area contributed by atoms with Crippen LogP contribution >= 0.6 is 0 Å². The van der Waals surface area contributed by atoms with Gasteiger partial charge in [-0.25, -0.2) is 8.42 Å². The molecule has 0 heterocycles. The van der Waals surface area contributed by atoms with E-state index in [1.54, 1.807) is 6.92 Å². The maximum absolute atomic E-state index is 10.9. The molecular formula is C11H16N2O2S. The number of nitrogens with one attached hydrogen (secondary N) is 1. The minimum atomic E-state index is -3.20. The molecule has 5 heteroatoms. The first-order valence-corrected chi connectivity index (χ1v) is 6.89. The van der Waals surface area contributed by atoms with Crippen LogP contribution in [0.4, 0.5) is 0 Å². The molecule has 88 valence electrons. The van der Waals surface area contributed by atoms with Gasteiger partial charge >= 0.3 is 0 Å². The van der Waals surface area contributed by atoms with Gasteiger partial charge in [0.2, 0.25) is 10.0 Å². The summed E-state index contributed by atoms with van der Waals surface area (Å²) in [7, 11) is -3.20. The normalized spacial score (nSPS) is 12.5. The summed E-state index contributed by atoms with van der Waals surface area (Å²) in [4.78, 5) is 4.13. The van der Waals surface area contributed by atoms with Crippen molar-refractivity contribution < 1.29 is 8.42 Å². The van der Waals surface area contributed by atoms with E-state index >= 15 is 0 Å². The first-order chi connectivity index (χ1) is 7.47. The topological polar surface area (TPSA) is 58.5 Å². The van der Waals surface area contributed by atoms with E-state index in [0.29, 0.717) is 12.4 Å². The number of benzene rings is 1. The lowest BCUT2D eigenvalue weighted by Gasteiger charge is -2.02. The number of aliphatic imine (C=N–C) groups is 1. The van der Waals surface area contributed by atoms with Crippen LogP contribution in [0.5, 0.6) is 0 Å². The average molecular weight is 240 g/mol. The molecule has 0 radical (unpaired) electrons. The number of rotatable bonds is 4. The maximum Gasteiger partial charge on any atom is 0.230 e. The van der Waals surface area contributed by atoms with Crippen LogP contribution < -0.4 is 4.72 Å². The Hall–Kier alpha value is -1.36. The zero-order valence-electron chi connectivity index (χ0n) is 9.47. The smallest absolute Gasteiger partial charge is 0.230 e. The molecule has 0 aliphatic heterocycles. The fourth-order valence-electron chi connectivity index (χ4n) is 1.30. The molecule has 16 heavy (non-hydrogen) atoms. The van der Waals surface area contributed by atoms with Gasteiger partial charge in [-0.15, -0.1) is 0 Å². The zero-order chi connectivity index (χ0) is 12.0. The van der Waals surface area contributed by atoms with Gasteiger partial charge in [0, 0.05) is 6.54 Å². The lowest BCUT2D eigenvalue weighted by Crippen LogP contribution is -2.27. The summed E-state index contributed by atoms with van der Waals surface area (Å²) in [6.07, 6.45) is 1.92. The molecule has 0 fully saturated rings. The van der Waals surface area contributed by atoms with Crippen LogP contribution in [0.3, 0.4) is 0 Å². The number of amidine groups is 1. The van der Waals surface area contributed by atoms with Gasteiger partial charge in [-0.1, -0.05) is 30.3 Å². The van der Waals surface area contributed by atoms with E-state index < -0.39 is 10.0 Å². The van der Waals surface area contributed by atoms with Crippen LogP contribution in [0.15, 0.2) is 35.3 Å². The molecule has 0 spiro atoms. The fraction of sp³-hybridized carbons (Fsp3) is 0.364. The monoisotopic (exact) mass is 240 g/mol. The molecule has 0 unspecified atom stereocenters. The third-order valence-corrected chi connectivity index (χ3v) is 2.59. The van der Waals surface area contributed by atoms with Gasteiger partial charge in [0.05, 0.1) is 6.26 Å². The highest BCUT2D eigenvalue weighted by Crippen LogP contribution is 1.99. The van der Waals surface area contributed by atoms with Gasteiger partial charge in [0.25, 0.3) is 0 Å². The van der Waals surface area contributed by atoms with E-state index in [4.69, 9.17) is 0 Å². The van der Waals surface area contributed by atoms with Crippen molar-refractivity contribution >= 4 is 15.9 Å². The SMILES string of the molecule is CC(=NCCc1ccccc1)NS(C)(=O)=O. The van der Waals surface area contributed by atoms with Crippen LogP contribution in [0, 0.1) is 0 Å². The van der Waals surface area contributed by atoms with Crippen molar-refractivity contribution in [2.45, 2.75) is 13.3 Å². The Bertz CT molecular complexity index is 452. The van der Waals surface area contributed by atoms with E-state index in [9.17, 15) is 8.42 Å². The summed E-state index contributed by atoms with van der Waals surface area (Å²) in [5.41, 5.74) is 1.19. The minimum absolute atomic E-state index is 0.429. The van der Waals surface area contributed by atoms with E-state index in [0.717, 1.165) is 12.7 Å². The molecule has 0 amide bonds. The molecule has 0 bridgehead atoms. The molecule has 0 saturated carbocycles. The van der Waals surface area contributed by atoms with Gasteiger partial charge < -0.3 is 0 Å². The van der Waals surface area contributed by atoms with Crippen LogP contribution in [0.2, 0.25) is 0 Å². The zero-order valence-corrected chi connectivity index (χ0v) is 10.3. The molecule has 1 rings (SSSR count). The summed E-state index contributed by atoms with van der Waals surface area (Å²) < 4.78 is 24.1. The maximum atomic E-state index is 10.9. The number of hydrogen-bond acceptors (Lipinski definition) is 3. The first-order valence-electron chi connectivity index (χ1n) is 5.00. The van der Waals surface area contributed by atoms with E-state index in [1.165, 1.54) is 5.56 Å². The summed E-state index contributed by atoms with van der Waals surface area (Å²) in [6.45, 7) is 2.23. The quantitative estimate of drug-likeness (QED) is 0.635. The molecule has 0 saturated heterocycles. The Kier molecular flexibility index (Phi) is 4.49. The highest BCUT2D eigenvalue weighted by molar-refractivity contribution is 7.89. The van der Waals surface area contributed by atoms with Crippen molar-refractivity contribution in [3.8, 4) is 0 Å². The Morgan fingerprint density at radius 1 is 1.31 bits per heavy atom. The molecular weight excluding hydrogens is 224 g/mol. The number of sulfonamides is 1. The van der Waals surface area contributed by atoms with Gasteiger partial charge in [-0.3, -0.25) is 9.71 Å². The molecule has 0 aliphatic rings. The van der Waals surface area contributed by atoms with Crippen molar-refractivity contribution in [3.63, 3.8) is 0 Å². The second kappa shape index (κ2) is 5.65. The standard InChI is InChI=1S/C11H16N2O2S/c1-10(13-16(2,14)15)12-9-8-11-6-4-3-5-7-11/h3-7H,8-9H2,1-2H3,(H,12,13). The molecule has 0 atom stereocenters. The number of nitrogens with zero attached hydrogens (tertiary/aromatic N) is 1. The second-order valence-corrected chi connectivity index (χ2v) is 5.33. The summed E-state index contributed by atoms with van der Waals surface area (Å²) in [5, 5.41) is 0. The Morgan fingerprint density at radius 3 is 2.50 bits per heavy atom. The molecule has 0 aliphatic carbocycles. The minimum Gasteiger partial charge on any atom is -0.272 e. The number of hydrogen-bond donors (Lipinski definition) is 1. The van der Waals surface area contributed by atoms with Crippen molar-refractivity contribution in [1.82, 2.24) is 4.72 Å². The van der Waals surface area contributed by atoms with Crippen molar-refractivity contribution in [2.24, 2.45) is 4.99 Å². The molecule has 0 aromatic heterocycles. The van der Waals surface area contributed by atoms with Crippen molar-refractivity contribution in [1.29, 1.82) is 0 Å². The van der Waals surface area contributed by atoms with Crippen LogP contribution in [0.25, 0.3) is 0 Å². The summed E-state index contributed by atoms with van der Waals surface area (Å²) in [6, 6.07) is 9.95. The van der Waals surface area contributed by atoms with Gasteiger partial charge in [0.1, 0.15) is 5.84 Å². The van der Waals surface area contributed by atoms with Crippen LogP contribution in [0.1, 0.15) is 12.5 Å². The fourth-order valence-corrected chi connectivity index (χ4v) is 1.90. The lowest BCUT2D eigenvalue weighted by molar-refractivity contribution is 0.598. The highest BCUT2D eigenvalue weighted by Gasteiger charge is 2.00. The molecule has 1 aromatic carbocycles. The average Bonchev–Trinajstić information content (AvgIpc) is 2.16. The highest BCUT2D eigenvalue weighted by atomic mass is 32.2. The Balaban J connectivity index is 2.43. The second-order valence-electron chi connectivity index (χ2n) is 3.58. The first kappa shape index (κ1) is 12.7. The summed E-state index contributed by atoms with van der Waals surface area (Å²) >= 11 is 0. The third kappa shape index (κ3) is 5.50. The Labute approximate surface area is 96.5 Å².